The first-order valence-electron chi connectivity index (χ1n) is 10.7. The molecule has 0 aliphatic rings. The molecule has 7 nitrogen and oxygen atoms in total. The number of hydrogen-bond acceptors (Lipinski definition) is 7. The number of benzene rings is 2. The largest absolute Gasteiger partial charge is 0.462 e. The lowest BCUT2D eigenvalue weighted by Crippen LogP contribution is -2.30. The quantitative estimate of drug-likeness (QED) is 0.364. The maximum absolute atomic E-state index is 12.8. The third kappa shape index (κ3) is 5.13. The van der Waals surface area contributed by atoms with Gasteiger partial charge in [-0.2, -0.15) is 0 Å². The minimum atomic E-state index is -1.11. The van der Waals surface area contributed by atoms with Crippen molar-refractivity contribution in [1.82, 2.24) is 4.98 Å². The van der Waals surface area contributed by atoms with Gasteiger partial charge in [0.1, 0.15) is 10.7 Å². The molecule has 0 saturated heterocycles. The van der Waals surface area contributed by atoms with Gasteiger partial charge in [0.05, 0.1) is 17.7 Å². The van der Waals surface area contributed by atoms with E-state index in [1.807, 2.05) is 48.5 Å². The van der Waals surface area contributed by atoms with Crippen LogP contribution in [0.3, 0.4) is 0 Å². The van der Waals surface area contributed by atoms with E-state index in [2.05, 4.69) is 10.3 Å². The Morgan fingerprint density at radius 3 is 2.47 bits per heavy atom. The summed E-state index contributed by atoms with van der Waals surface area (Å²) in [5.41, 5.74) is 1.90. The molecule has 0 aliphatic carbocycles. The molecule has 8 heteroatoms. The molecule has 2 aromatic heterocycles. The summed E-state index contributed by atoms with van der Waals surface area (Å²) in [5, 5.41) is 3.93. The highest BCUT2D eigenvalue weighted by Crippen LogP contribution is 2.36. The number of aromatic nitrogens is 1. The van der Waals surface area contributed by atoms with Gasteiger partial charge in [0, 0.05) is 10.3 Å². The Balaban J connectivity index is 1.50. The van der Waals surface area contributed by atoms with Crippen molar-refractivity contribution in [3.63, 3.8) is 0 Å². The van der Waals surface area contributed by atoms with Crippen LogP contribution in [0.4, 0.5) is 5.00 Å². The predicted molar refractivity (Wildman–Crippen MR) is 131 cm³/mol. The van der Waals surface area contributed by atoms with Crippen LogP contribution in [0.15, 0.2) is 72.8 Å². The van der Waals surface area contributed by atoms with Crippen LogP contribution >= 0.6 is 11.3 Å². The molecule has 0 fully saturated rings. The van der Waals surface area contributed by atoms with Gasteiger partial charge >= 0.3 is 11.9 Å². The number of nitrogens with one attached hydrogen (secondary N) is 1. The summed E-state index contributed by atoms with van der Waals surface area (Å²) in [6.07, 6.45) is -1.11. The van der Waals surface area contributed by atoms with Crippen molar-refractivity contribution in [3.8, 4) is 10.4 Å². The van der Waals surface area contributed by atoms with Crippen LogP contribution in [0.25, 0.3) is 21.3 Å². The fourth-order valence-electron chi connectivity index (χ4n) is 3.26. The standard InChI is InChI=1S/C26H22N2O5S/c1-3-32-25(30)19-15-22(18-10-5-4-6-11-18)34-24(19)28-23(29)16(2)33-26(31)21-14-13-17-9-7-8-12-20(17)27-21/h4-16H,3H2,1-2H3,(H,28,29). The Kier molecular flexibility index (Phi) is 6.98. The smallest absolute Gasteiger partial charge is 0.357 e. The van der Waals surface area contributed by atoms with E-state index in [4.69, 9.17) is 9.47 Å². The molecule has 1 unspecified atom stereocenters. The summed E-state index contributed by atoms with van der Waals surface area (Å²) in [6.45, 7) is 3.38. The van der Waals surface area contributed by atoms with Crippen molar-refractivity contribution < 1.29 is 23.9 Å². The lowest BCUT2D eigenvalue weighted by Gasteiger charge is -2.13. The van der Waals surface area contributed by atoms with E-state index in [9.17, 15) is 14.4 Å². The van der Waals surface area contributed by atoms with Crippen LogP contribution in [0, 0.1) is 0 Å². The van der Waals surface area contributed by atoms with E-state index >= 15 is 0 Å². The summed E-state index contributed by atoms with van der Waals surface area (Å²) in [7, 11) is 0. The number of rotatable bonds is 7. The van der Waals surface area contributed by atoms with Crippen molar-refractivity contribution >= 4 is 45.1 Å². The van der Waals surface area contributed by atoms with E-state index < -0.39 is 23.9 Å². The Morgan fingerprint density at radius 1 is 0.971 bits per heavy atom. The van der Waals surface area contributed by atoms with Gasteiger partial charge < -0.3 is 14.8 Å². The number of pyridine rings is 1. The predicted octanol–water partition coefficient (Wildman–Crippen LogP) is 5.32. The van der Waals surface area contributed by atoms with Crippen LogP contribution < -0.4 is 5.32 Å². The number of fused-ring (bicyclic) bond motifs is 1. The van der Waals surface area contributed by atoms with Gasteiger partial charge in [0.25, 0.3) is 5.91 Å². The molecule has 0 bridgehead atoms. The SMILES string of the molecule is CCOC(=O)c1cc(-c2ccccc2)sc1NC(=O)C(C)OC(=O)c1ccc2ccccc2n1. The maximum Gasteiger partial charge on any atom is 0.357 e. The monoisotopic (exact) mass is 474 g/mol. The number of carbonyl (C=O) groups is 3. The minimum absolute atomic E-state index is 0.105. The zero-order chi connectivity index (χ0) is 24.1. The lowest BCUT2D eigenvalue weighted by atomic mass is 10.1. The molecule has 2 aromatic carbocycles. The van der Waals surface area contributed by atoms with E-state index in [-0.39, 0.29) is 17.9 Å². The fourth-order valence-corrected chi connectivity index (χ4v) is 4.31. The number of para-hydroxylation sites is 1. The first-order chi connectivity index (χ1) is 16.5. The number of esters is 2. The van der Waals surface area contributed by atoms with Crippen molar-refractivity contribution in [2.24, 2.45) is 0 Å². The van der Waals surface area contributed by atoms with Crippen molar-refractivity contribution in [1.29, 1.82) is 0 Å². The molecule has 0 saturated carbocycles. The first kappa shape index (κ1) is 23.1. The van der Waals surface area contributed by atoms with Gasteiger partial charge in [-0.3, -0.25) is 4.79 Å². The summed E-state index contributed by atoms with van der Waals surface area (Å²) < 4.78 is 10.5. The first-order valence-corrected chi connectivity index (χ1v) is 11.5. The normalized spacial score (nSPS) is 11.6. The molecule has 4 rings (SSSR count). The van der Waals surface area contributed by atoms with Crippen LogP contribution in [-0.4, -0.2) is 35.5 Å². The second-order valence-electron chi connectivity index (χ2n) is 7.37. The molecule has 2 heterocycles. The Hall–Kier alpha value is -4.04. The van der Waals surface area contributed by atoms with Crippen molar-refractivity contribution in [2.45, 2.75) is 20.0 Å². The summed E-state index contributed by atoms with van der Waals surface area (Å²) in [5.74, 6) is -1.82. The van der Waals surface area contributed by atoms with Gasteiger partial charge in [0.15, 0.2) is 6.10 Å². The number of carbonyl (C=O) groups excluding carboxylic acids is 3. The Labute approximate surface area is 200 Å². The second-order valence-corrected chi connectivity index (χ2v) is 8.42. The van der Waals surface area contributed by atoms with Crippen LogP contribution in [0.5, 0.6) is 0 Å². The molecular formula is C26H22N2O5S. The molecule has 1 amide bonds. The summed E-state index contributed by atoms with van der Waals surface area (Å²) in [6, 6.07) is 21.9. The Morgan fingerprint density at radius 2 is 1.71 bits per heavy atom. The van der Waals surface area contributed by atoms with Gasteiger partial charge in [-0.1, -0.05) is 54.6 Å². The third-order valence-electron chi connectivity index (χ3n) is 4.98. The van der Waals surface area contributed by atoms with Gasteiger partial charge in [0.2, 0.25) is 0 Å². The number of amides is 1. The molecule has 0 aliphatic heterocycles. The maximum atomic E-state index is 12.8. The number of hydrogen-bond donors (Lipinski definition) is 1. The highest BCUT2D eigenvalue weighted by atomic mass is 32.1. The van der Waals surface area contributed by atoms with Crippen LogP contribution in [-0.2, 0) is 14.3 Å². The molecule has 34 heavy (non-hydrogen) atoms. The van der Waals surface area contributed by atoms with E-state index in [0.29, 0.717) is 10.5 Å². The van der Waals surface area contributed by atoms with E-state index in [1.54, 1.807) is 31.2 Å². The average molecular weight is 475 g/mol. The Bertz CT molecular complexity index is 1350. The molecule has 1 atom stereocenters. The highest BCUT2D eigenvalue weighted by Gasteiger charge is 2.24. The zero-order valence-electron chi connectivity index (χ0n) is 18.6. The molecule has 4 aromatic rings. The number of anilines is 1. The summed E-state index contributed by atoms with van der Waals surface area (Å²) in [4.78, 5) is 43.0. The number of thiophene rings is 1. The topological polar surface area (TPSA) is 94.6 Å². The number of ether oxygens (including phenoxy) is 2. The zero-order valence-corrected chi connectivity index (χ0v) is 19.4. The lowest BCUT2D eigenvalue weighted by molar-refractivity contribution is -0.123. The second kappa shape index (κ2) is 10.3. The molecular weight excluding hydrogens is 452 g/mol. The molecule has 1 N–H and O–H groups in total. The van der Waals surface area contributed by atoms with Gasteiger partial charge in [-0.05, 0) is 37.6 Å². The molecule has 172 valence electrons. The van der Waals surface area contributed by atoms with Gasteiger partial charge in [-0.15, -0.1) is 11.3 Å². The summed E-state index contributed by atoms with van der Waals surface area (Å²) >= 11 is 1.24. The van der Waals surface area contributed by atoms with Crippen molar-refractivity contribution in [2.75, 3.05) is 11.9 Å². The minimum Gasteiger partial charge on any atom is -0.462 e. The van der Waals surface area contributed by atoms with E-state index in [1.165, 1.54) is 18.3 Å². The number of nitrogens with zero attached hydrogens (tertiary/aromatic N) is 1. The fraction of sp³-hybridized carbons (Fsp3) is 0.154. The average Bonchev–Trinajstić information content (AvgIpc) is 3.28. The van der Waals surface area contributed by atoms with Crippen LogP contribution in [0.1, 0.15) is 34.7 Å². The van der Waals surface area contributed by atoms with Crippen LogP contribution in [0.2, 0.25) is 0 Å². The molecule has 0 spiro atoms. The van der Waals surface area contributed by atoms with Gasteiger partial charge in [-0.25, -0.2) is 14.6 Å². The van der Waals surface area contributed by atoms with E-state index in [0.717, 1.165) is 15.8 Å². The third-order valence-corrected chi connectivity index (χ3v) is 6.08. The van der Waals surface area contributed by atoms with Crippen molar-refractivity contribution in [3.05, 3.63) is 84.1 Å². The highest BCUT2D eigenvalue weighted by molar-refractivity contribution is 7.20. The molecule has 0 radical (unpaired) electrons.